The standard InChI is InChI=1S/C17H31N3O3/c1-16(2,3)9-12(10-17(4,5)6)23-14(11-21)20-8-7-13(18)19-15(20)22/h7-8,12,14,21H,9-11H2,1-6H3,(H2,18,19,22)/t14-/m1/s1. The van der Waals surface area contributed by atoms with Gasteiger partial charge in [0.1, 0.15) is 5.82 Å². The maximum Gasteiger partial charge on any atom is 0.351 e. The number of aliphatic hydroxyl groups excluding tert-OH is 1. The Kier molecular flexibility index (Phi) is 6.36. The van der Waals surface area contributed by atoms with E-state index in [4.69, 9.17) is 10.5 Å². The van der Waals surface area contributed by atoms with Crippen molar-refractivity contribution in [3.63, 3.8) is 0 Å². The van der Waals surface area contributed by atoms with E-state index < -0.39 is 11.9 Å². The van der Waals surface area contributed by atoms with Crippen molar-refractivity contribution in [2.24, 2.45) is 10.8 Å². The summed E-state index contributed by atoms with van der Waals surface area (Å²) >= 11 is 0. The van der Waals surface area contributed by atoms with Crippen LogP contribution in [0.2, 0.25) is 0 Å². The van der Waals surface area contributed by atoms with Crippen molar-refractivity contribution in [2.45, 2.75) is 66.7 Å². The molecular formula is C17H31N3O3. The van der Waals surface area contributed by atoms with Crippen molar-refractivity contribution < 1.29 is 9.84 Å². The summed E-state index contributed by atoms with van der Waals surface area (Å²) in [6, 6.07) is 1.52. The number of hydrogen-bond acceptors (Lipinski definition) is 5. The fourth-order valence-corrected chi connectivity index (χ4v) is 2.60. The number of rotatable bonds is 6. The van der Waals surface area contributed by atoms with E-state index in [-0.39, 0.29) is 29.4 Å². The second-order valence-electron chi connectivity index (χ2n) is 8.47. The molecule has 0 radical (unpaired) electrons. The number of nitrogen functional groups attached to an aromatic ring is 1. The van der Waals surface area contributed by atoms with Crippen molar-refractivity contribution in [3.05, 3.63) is 22.7 Å². The second-order valence-corrected chi connectivity index (χ2v) is 8.47. The molecule has 0 aliphatic heterocycles. The number of hydrogen-bond donors (Lipinski definition) is 2. The average molecular weight is 325 g/mol. The molecule has 1 rings (SSSR count). The van der Waals surface area contributed by atoms with Gasteiger partial charge in [0.25, 0.3) is 0 Å². The van der Waals surface area contributed by atoms with Gasteiger partial charge in [0.05, 0.1) is 12.7 Å². The molecule has 1 aromatic rings. The highest BCUT2D eigenvalue weighted by Gasteiger charge is 2.27. The van der Waals surface area contributed by atoms with Crippen LogP contribution < -0.4 is 11.4 Å². The molecule has 0 fully saturated rings. The lowest BCUT2D eigenvalue weighted by atomic mass is 9.82. The van der Waals surface area contributed by atoms with Gasteiger partial charge in [0, 0.05) is 6.20 Å². The van der Waals surface area contributed by atoms with Crippen molar-refractivity contribution >= 4 is 5.82 Å². The molecule has 0 saturated heterocycles. The van der Waals surface area contributed by atoms with E-state index in [0.717, 1.165) is 12.8 Å². The Bertz CT molecular complexity index is 539. The molecule has 3 N–H and O–H groups in total. The number of aliphatic hydroxyl groups is 1. The Morgan fingerprint density at radius 1 is 1.22 bits per heavy atom. The highest BCUT2D eigenvalue weighted by molar-refractivity contribution is 5.23. The molecule has 0 spiro atoms. The summed E-state index contributed by atoms with van der Waals surface area (Å²) in [7, 11) is 0. The highest BCUT2D eigenvalue weighted by atomic mass is 16.5. The van der Waals surface area contributed by atoms with E-state index in [0.29, 0.717) is 0 Å². The number of nitrogens with zero attached hydrogens (tertiary/aromatic N) is 2. The SMILES string of the molecule is CC(C)(C)CC(CC(C)(C)C)O[C@H](CO)n1ccc(N)nc1=O. The molecule has 0 unspecified atom stereocenters. The maximum atomic E-state index is 12.0. The molecule has 132 valence electrons. The quantitative estimate of drug-likeness (QED) is 0.839. The van der Waals surface area contributed by atoms with E-state index >= 15 is 0 Å². The van der Waals surface area contributed by atoms with Gasteiger partial charge in [-0.3, -0.25) is 4.57 Å². The van der Waals surface area contributed by atoms with Crippen LogP contribution in [0, 0.1) is 10.8 Å². The fourth-order valence-electron chi connectivity index (χ4n) is 2.60. The van der Waals surface area contributed by atoms with Gasteiger partial charge in [0.15, 0.2) is 6.23 Å². The first-order valence-electron chi connectivity index (χ1n) is 8.02. The first kappa shape index (κ1) is 19.6. The predicted octanol–water partition coefficient (Wildman–Crippen LogP) is 2.57. The molecule has 0 aliphatic carbocycles. The van der Waals surface area contributed by atoms with E-state index in [1.54, 1.807) is 0 Å². The fraction of sp³-hybridized carbons (Fsp3) is 0.765. The normalized spacial score (nSPS) is 14.3. The molecule has 0 bridgehead atoms. The van der Waals surface area contributed by atoms with Crippen molar-refractivity contribution in [1.29, 1.82) is 0 Å². The van der Waals surface area contributed by atoms with Crippen LogP contribution in [-0.2, 0) is 4.74 Å². The van der Waals surface area contributed by atoms with E-state index in [9.17, 15) is 9.90 Å². The number of ether oxygens (including phenoxy) is 1. The third kappa shape index (κ3) is 7.14. The number of nitrogens with two attached hydrogens (primary N) is 1. The predicted molar refractivity (Wildman–Crippen MR) is 92.0 cm³/mol. The van der Waals surface area contributed by atoms with Gasteiger partial charge in [-0.15, -0.1) is 0 Å². The number of anilines is 1. The third-order valence-electron chi connectivity index (χ3n) is 3.35. The smallest absolute Gasteiger partial charge is 0.351 e. The summed E-state index contributed by atoms with van der Waals surface area (Å²) in [5, 5.41) is 9.67. The molecule has 1 aromatic heterocycles. The Balaban J connectivity index is 3.00. The minimum atomic E-state index is -0.759. The first-order valence-corrected chi connectivity index (χ1v) is 8.02. The van der Waals surface area contributed by atoms with Gasteiger partial charge in [0.2, 0.25) is 0 Å². The zero-order valence-electron chi connectivity index (χ0n) is 15.2. The summed E-state index contributed by atoms with van der Waals surface area (Å²) in [6.45, 7) is 12.6. The highest BCUT2D eigenvalue weighted by Crippen LogP contribution is 2.32. The summed E-state index contributed by atoms with van der Waals surface area (Å²) in [5.41, 5.74) is 5.16. The van der Waals surface area contributed by atoms with Crippen LogP contribution in [0.1, 0.15) is 60.6 Å². The Morgan fingerprint density at radius 3 is 2.13 bits per heavy atom. The summed E-state index contributed by atoms with van der Waals surface area (Å²) in [6.07, 6.45) is 2.34. The zero-order valence-corrected chi connectivity index (χ0v) is 15.2. The van der Waals surface area contributed by atoms with Gasteiger partial charge in [-0.25, -0.2) is 4.79 Å². The lowest BCUT2D eigenvalue weighted by Crippen LogP contribution is -2.35. The Hall–Kier alpha value is -1.40. The first-order chi connectivity index (χ1) is 10.4. The molecule has 0 aromatic carbocycles. The van der Waals surface area contributed by atoms with Crippen molar-refractivity contribution in [2.75, 3.05) is 12.3 Å². The van der Waals surface area contributed by atoms with Crippen molar-refractivity contribution in [3.8, 4) is 0 Å². The van der Waals surface area contributed by atoms with Crippen LogP contribution >= 0.6 is 0 Å². The molecule has 1 atom stereocenters. The third-order valence-corrected chi connectivity index (χ3v) is 3.35. The summed E-state index contributed by atoms with van der Waals surface area (Å²) < 4.78 is 7.38. The molecule has 0 amide bonds. The van der Waals surface area contributed by atoms with Crippen LogP contribution in [0.4, 0.5) is 5.82 Å². The van der Waals surface area contributed by atoms with Gasteiger partial charge in [-0.2, -0.15) is 4.98 Å². The molecule has 0 saturated carbocycles. The molecule has 0 aliphatic rings. The summed E-state index contributed by atoms with van der Waals surface area (Å²) in [5.74, 6) is 0.156. The van der Waals surface area contributed by atoms with Crippen LogP contribution in [0.3, 0.4) is 0 Å². The van der Waals surface area contributed by atoms with Crippen LogP contribution in [0.15, 0.2) is 17.1 Å². The second kappa shape index (κ2) is 7.45. The summed E-state index contributed by atoms with van der Waals surface area (Å²) in [4.78, 5) is 15.7. The average Bonchev–Trinajstić information content (AvgIpc) is 2.32. The van der Waals surface area contributed by atoms with E-state index in [1.165, 1.54) is 16.8 Å². The van der Waals surface area contributed by atoms with E-state index in [2.05, 4.69) is 46.5 Å². The molecule has 23 heavy (non-hydrogen) atoms. The van der Waals surface area contributed by atoms with Gasteiger partial charge in [-0.1, -0.05) is 41.5 Å². The van der Waals surface area contributed by atoms with Crippen LogP contribution in [-0.4, -0.2) is 27.4 Å². The molecule has 1 heterocycles. The van der Waals surface area contributed by atoms with Gasteiger partial charge >= 0.3 is 5.69 Å². The maximum absolute atomic E-state index is 12.0. The molecular weight excluding hydrogens is 294 g/mol. The molecule has 6 nitrogen and oxygen atoms in total. The minimum Gasteiger partial charge on any atom is -0.392 e. The lowest BCUT2D eigenvalue weighted by molar-refractivity contribution is -0.105. The Labute approximate surface area is 138 Å². The van der Waals surface area contributed by atoms with Gasteiger partial charge in [-0.05, 0) is 29.7 Å². The van der Waals surface area contributed by atoms with E-state index in [1.807, 2.05) is 0 Å². The minimum absolute atomic E-state index is 0.0726. The monoisotopic (exact) mass is 325 g/mol. The van der Waals surface area contributed by atoms with Crippen LogP contribution in [0.25, 0.3) is 0 Å². The number of aromatic nitrogens is 2. The largest absolute Gasteiger partial charge is 0.392 e. The topological polar surface area (TPSA) is 90.4 Å². The Morgan fingerprint density at radius 2 is 1.74 bits per heavy atom. The van der Waals surface area contributed by atoms with Crippen LogP contribution in [0.5, 0.6) is 0 Å². The lowest BCUT2D eigenvalue weighted by Gasteiger charge is -2.33. The zero-order chi connectivity index (χ0) is 17.8. The van der Waals surface area contributed by atoms with Gasteiger partial charge < -0.3 is 15.6 Å². The van der Waals surface area contributed by atoms with Crippen molar-refractivity contribution in [1.82, 2.24) is 9.55 Å². The molecule has 6 heteroatoms.